The van der Waals surface area contributed by atoms with Gasteiger partial charge in [0.15, 0.2) is 26.6 Å². The van der Waals surface area contributed by atoms with Gasteiger partial charge in [-0.2, -0.15) is 0 Å². The SMILES string of the molecule is CCn1c(SCC(=O)Nc2cccc(S(C)(=O)=O)c2)nnc1-c1ccco1. The second-order valence-corrected chi connectivity index (χ2v) is 8.62. The molecule has 0 spiro atoms. The highest BCUT2D eigenvalue weighted by atomic mass is 32.2. The van der Waals surface area contributed by atoms with E-state index in [9.17, 15) is 13.2 Å². The van der Waals surface area contributed by atoms with Gasteiger partial charge in [-0.1, -0.05) is 17.8 Å². The minimum Gasteiger partial charge on any atom is -0.461 e. The molecule has 2 heterocycles. The second kappa shape index (κ2) is 7.97. The molecule has 1 N–H and O–H groups in total. The van der Waals surface area contributed by atoms with Gasteiger partial charge in [-0.15, -0.1) is 10.2 Å². The predicted molar refractivity (Wildman–Crippen MR) is 102 cm³/mol. The Labute approximate surface area is 160 Å². The molecule has 8 nitrogen and oxygen atoms in total. The van der Waals surface area contributed by atoms with E-state index in [4.69, 9.17) is 4.42 Å². The highest BCUT2D eigenvalue weighted by molar-refractivity contribution is 7.99. The van der Waals surface area contributed by atoms with Gasteiger partial charge in [-0.3, -0.25) is 9.36 Å². The molecule has 1 amide bonds. The number of hydrogen-bond donors (Lipinski definition) is 1. The van der Waals surface area contributed by atoms with Crippen LogP contribution in [0.1, 0.15) is 6.92 Å². The zero-order valence-electron chi connectivity index (χ0n) is 14.7. The van der Waals surface area contributed by atoms with Crippen LogP contribution >= 0.6 is 11.8 Å². The lowest BCUT2D eigenvalue weighted by atomic mass is 10.3. The number of benzene rings is 1. The summed E-state index contributed by atoms with van der Waals surface area (Å²) in [6.45, 7) is 2.58. The Morgan fingerprint density at radius 3 is 2.74 bits per heavy atom. The maximum Gasteiger partial charge on any atom is 0.234 e. The van der Waals surface area contributed by atoms with Gasteiger partial charge in [-0.25, -0.2) is 8.42 Å². The van der Waals surface area contributed by atoms with Gasteiger partial charge in [0.2, 0.25) is 5.91 Å². The van der Waals surface area contributed by atoms with Gasteiger partial charge < -0.3 is 9.73 Å². The van der Waals surface area contributed by atoms with Gasteiger partial charge in [0.05, 0.1) is 16.9 Å². The Kier molecular flexibility index (Phi) is 5.66. The molecule has 0 saturated heterocycles. The molecule has 0 bridgehead atoms. The van der Waals surface area contributed by atoms with E-state index in [1.165, 1.54) is 23.9 Å². The lowest BCUT2D eigenvalue weighted by Crippen LogP contribution is -2.15. The van der Waals surface area contributed by atoms with Crippen molar-refractivity contribution in [3.8, 4) is 11.6 Å². The molecule has 3 rings (SSSR count). The normalized spacial score (nSPS) is 11.5. The monoisotopic (exact) mass is 406 g/mol. The van der Waals surface area contributed by atoms with Crippen molar-refractivity contribution in [3.05, 3.63) is 42.7 Å². The topological polar surface area (TPSA) is 107 Å². The Morgan fingerprint density at radius 2 is 2.07 bits per heavy atom. The minimum atomic E-state index is -3.33. The van der Waals surface area contributed by atoms with Crippen LogP contribution in [0.25, 0.3) is 11.6 Å². The number of amides is 1. The largest absolute Gasteiger partial charge is 0.461 e. The molecule has 0 saturated carbocycles. The molecule has 0 fully saturated rings. The number of carbonyl (C=O) groups excluding carboxylic acids is 1. The average molecular weight is 406 g/mol. The van der Waals surface area contributed by atoms with Crippen LogP contribution in [0, 0.1) is 0 Å². The van der Waals surface area contributed by atoms with Gasteiger partial charge in [0.1, 0.15) is 0 Å². The number of sulfone groups is 1. The molecular formula is C17H18N4O4S2. The fourth-order valence-electron chi connectivity index (χ4n) is 2.40. The first-order valence-corrected chi connectivity index (χ1v) is 11.0. The molecule has 0 aliphatic heterocycles. The molecule has 1 aromatic carbocycles. The van der Waals surface area contributed by atoms with E-state index in [0.717, 1.165) is 6.26 Å². The Morgan fingerprint density at radius 1 is 1.26 bits per heavy atom. The van der Waals surface area contributed by atoms with Crippen molar-refractivity contribution in [2.75, 3.05) is 17.3 Å². The number of thioether (sulfide) groups is 1. The summed E-state index contributed by atoms with van der Waals surface area (Å²) in [4.78, 5) is 12.4. The molecular weight excluding hydrogens is 388 g/mol. The summed E-state index contributed by atoms with van der Waals surface area (Å²) in [6.07, 6.45) is 2.69. The van der Waals surface area contributed by atoms with Gasteiger partial charge >= 0.3 is 0 Å². The van der Waals surface area contributed by atoms with Gasteiger partial charge in [0, 0.05) is 18.5 Å². The van der Waals surface area contributed by atoms with E-state index < -0.39 is 9.84 Å². The fraction of sp³-hybridized carbons (Fsp3) is 0.235. The van der Waals surface area contributed by atoms with Crippen molar-refractivity contribution >= 4 is 33.2 Å². The highest BCUT2D eigenvalue weighted by Crippen LogP contribution is 2.24. The first-order chi connectivity index (χ1) is 12.9. The Bertz CT molecular complexity index is 1040. The second-order valence-electron chi connectivity index (χ2n) is 5.66. The number of carbonyl (C=O) groups is 1. The van der Waals surface area contributed by atoms with E-state index in [1.54, 1.807) is 30.5 Å². The molecule has 0 unspecified atom stereocenters. The van der Waals surface area contributed by atoms with Crippen molar-refractivity contribution in [1.82, 2.24) is 14.8 Å². The standard InChI is InChI=1S/C17H18N4O4S2/c1-3-21-16(14-8-5-9-25-14)19-20-17(21)26-11-15(22)18-12-6-4-7-13(10-12)27(2,23)24/h4-10H,3,11H2,1-2H3,(H,18,22). The zero-order valence-corrected chi connectivity index (χ0v) is 16.4. The van der Waals surface area contributed by atoms with E-state index in [-0.39, 0.29) is 16.6 Å². The van der Waals surface area contributed by atoms with Gasteiger partial charge in [-0.05, 0) is 37.3 Å². The van der Waals surface area contributed by atoms with Gasteiger partial charge in [0.25, 0.3) is 0 Å². The van der Waals surface area contributed by atoms with Crippen LogP contribution < -0.4 is 5.32 Å². The van der Waals surface area contributed by atoms with Crippen LogP contribution in [0.4, 0.5) is 5.69 Å². The molecule has 0 aliphatic rings. The summed E-state index contributed by atoms with van der Waals surface area (Å²) in [6, 6.07) is 9.71. The minimum absolute atomic E-state index is 0.111. The van der Waals surface area contributed by atoms with Crippen molar-refractivity contribution in [3.63, 3.8) is 0 Å². The number of nitrogens with zero attached hydrogens (tertiary/aromatic N) is 3. The van der Waals surface area contributed by atoms with Crippen molar-refractivity contribution in [2.45, 2.75) is 23.5 Å². The molecule has 0 atom stereocenters. The number of furan rings is 1. The maximum absolute atomic E-state index is 12.2. The van der Waals surface area contributed by atoms with Crippen molar-refractivity contribution < 1.29 is 17.6 Å². The summed E-state index contributed by atoms with van der Waals surface area (Å²) in [5.41, 5.74) is 0.428. The number of hydrogen-bond acceptors (Lipinski definition) is 7. The number of nitrogens with one attached hydrogen (secondary N) is 1. The summed E-state index contributed by atoms with van der Waals surface area (Å²) in [7, 11) is -3.33. The number of aromatic nitrogens is 3. The van der Waals surface area contributed by atoms with Crippen LogP contribution in [0.5, 0.6) is 0 Å². The fourth-order valence-corrected chi connectivity index (χ4v) is 3.87. The molecule has 0 radical (unpaired) electrons. The number of rotatable bonds is 7. The average Bonchev–Trinajstić information content (AvgIpc) is 3.28. The summed E-state index contributed by atoms with van der Waals surface area (Å²) in [5.74, 6) is 1.06. The molecule has 27 heavy (non-hydrogen) atoms. The van der Waals surface area contributed by atoms with Crippen LogP contribution in [-0.4, -0.2) is 41.1 Å². The summed E-state index contributed by atoms with van der Waals surface area (Å²) in [5, 5.41) is 11.6. The first-order valence-electron chi connectivity index (χ1n) is 8.08. The van der Waals surface area contributed by atoms with Crippen LogP contribution in [0.2, 0.25) is 0 Å². The molecule has 0 aliphatic carbocycles. The molecule has 3 aromatic rings. The van der Waals surface area contributed by atoms with E-state index in [0.29, 0.717) is 29.0 Å². The Hall–Kier alpha value is -2.59. The zero-order chi connectivity index (χ0) is 19.4. The quantitative estimate of drug-likeness (QED) is 0.601. The molecule has 10 heteroatoms. The van der Waals surface area contributed by atoms with Crippen molar-refractivity contribution in [1.29, 1.82) is 0 Å². The Balaban J connectivity index is 1.67. The molecule has 2 aromatic heterocycles. The number of anilines is 1. The van der Waals surface area contributed by atoms with Crippen LogP contribution in [0.3, 0.4) is 0 Å². The third-order valence-electron chi connectivity index (χ3n) is 3.65. The van der Waals surface area contributed by atoms with E-state index in [2.05, 4.69) is 15.5 Å². The molecule has 142 valence electrons. The third kappa shape index (κ3) is 4.58. The highest BCUT2D eigenvalue weighted by Gasteiger charge is 2.16. The van der Waals surface area contributed by atoms with Crippen molar-refractivity contribution in [2.24, 2.45) is 0 Å². The van der Waals surface area contributed by atoms with E-state index in [1.807, 2.05) is 11.5 Å². The summed E-state index contributed by atoms with van der Waals surface area (Å²) < 4.78 is 30.4. The summed E-state index contributed by atoms with van der Waals surface area (Å²) >= 11 is 1.24. The smallest absolute Gasteiger partial charge is 0.234 e. The lowest BCUT2D eigenvalue weighted by Gasteiger charge is -2.08. The van der Waals surface area contributed by atoms with Crippen LogP contribution in [-0.2, 0) is 21.2 Å². The van der Waals surface area contributed by atoms with E-state index >= 15 is 0 Å². The predicted octanol–water partition coefficient (Wildman–Crippen LogP) is 2.69. The maximum atomic E-state index is 12.2. The third-order valence-corrected chi connectivity index (χ3v) is 5.73. The van der Waals surface area contributed by atoms with Crippen LogP contribution in [0.15, 0.2) is 57.1 Å². The lowest BCUT2D eigenvalue weighted by molar-refractivity contribution is -0.113. The first kappa shape index (κ1) is 19.2.